The van der Waals surface area contributed by atoms with Gasteiger partial charge in [-0.1, -0.05) is 0 Å². The van der Waals surface area contributed by atoms with Crippen LogP contribution in [0, 0.1) is 0 Å². The summed E-state index contributed by atoms with van der Waals surface area (Å²) in [5.41, 5.74) is 0.931. The third-order valence-corrected chi connectivity index (χ3v) is 2.25. The molecule has 56 valence electrons. The van der Waals surface area contributed by atoms with Gasteiger partial charge >= 0.3 is 0 Å². The normalized spacial score (nSPS) is 10.6. The van der Waals surface area contributed by atoms with Crippen LogP contribution in [-0.4, -0.2) is 20.9 Å². The average molecular weight is 165 g/mol. The van der Waals surface area contributed by atoms with Gasteiger partial charge in [0.2, 0.25) is 0 Å². The highest BCUT2D eigenvalue weighted by Gasteiger charge is 1.99. The minimum Gasteiger partial charge on any atom is -0.220 e. The molecular weight excluding hydrogens is 158 g/mol. The Morgan fingerprint density at radius 2 is 2.45 bits per heavy atom. The summed E-state index contributed by atoms with van der Waals surface area (Å²) >= 11 is 1.68. The molecule has 0 aromatic carbocycles. The van der Waals surface area contributed by atoms with Gasteiger partial charge < -0.3 is 0 Å². The minimum atomic E-state index is 0.931. The van der Waals surface area contributed by atoms with Gasteiger partial charge in [0, 0.05) is 6.20 Å². The number of hydrogen-bond acceptors (Lipinski definition) is 3. The van der Waals surface area contributed by atoms with Crippen molar-refractivity contribution in [1.29, 1.82) is 0 Å². The van der Waals surface area contributed by atoms with Crippen molar-refractivity contribution in [2.45, 2.75) is 4.90 Å². The smallest absolute Gasteiger partial charge is 0.168 e. The van der Waals surface area contributed by atoms with Gasteiger partial charge in [-0.3, -0.25) is 0 Å². The summed E-state index contributed by atoms with van der Waals surface area (Å²) in [6.45, 7) is 0. The highest BCUT2D eigenvalue weighted by molar-refractivity contribution is 7.98. The lowest BCUT2D eigenvalue weighted by Gasteiger charge is -1.95. The predicted octanol–water partition coefficient (Wildman–Crippen LogP) is 1.45. The summed E-state index contributed by atoms with van der Waals surface area (Å²) < 4.78 is 1.77. The molecule has 11 heavy (non-hydrogen) atoms. The van der Waals surface area contributed by atoms with Crippen molar-refractivity contribution < 1.29 is 0 Å². The van der Waals surface area contributed by atoms with E-state index in [1.165, 1.54) is 0 Å². The van der Waals surface area contributed by atoms with Crippen LogP contribution in [0.15, 0.2) is 29.6 Å². The minimum absolute atomic E-state index is 0.931. The van der Waals surface area contributed by atoms with E-state index in [1.807, 2.05) is 24.6 Å². The van der Waals surface area contributed by atoms with Gasteiger partial charge in [0.1, 0.15) is 6.33 Å². The Morgan fingerprint density at radius 3 is 3.27 bits per heavy atom. The van der Waals surface area contributed by atoms with Crippen LogP contribution in [0.25, 0.3) is 5.65 Å². The summed E-state index contributed by atoms with van der Waals surface area (Å²) in [4.78, 5) is 5.28. The van der Waals surface area contributed by atoms with E-state index in [4.69, 9.17) is 0 Å². The molecule has 2 aromatic rings. The molecule has 2 aromatic heterocycles. The molecule has 0 aliphatic heterocycles. The predicted molar refractivity (Wildman–Crippen MR) is 44.8 cm³/mol. The van der Waals surface area contributed by atoms with Crippen LogP contribution in [0.5, 0.6) is 0 Å². The summed E-state index contributed by atoms with van der Waals surface area (Å²) in [7, 11) is 0. The maximum Gasteiger partial charge on any atom is 0.168 e. The van der Waals surface area contributed by atoms with E-state index < -0.39 is 0 Å². The van der Waals surface area contributed by atoms with Gasteiger partial charge in [0.25, 0.3) is 0 Å². The molecule has 0 aliphatic rings. The van der Waals surface area contributed by atoms with Crippen LogP contribution in [0.1, 0.15) is 0 Å². The summed E-state index contributed by atoms with van der Waals surface area (Å²) in [5, 5.41) is 4.02. The second-order valence-corrected chi connectivity index (χ2v) is 2.95. The lowest BCUT2D eigenvalue weighted by Crippen LogP contribution is -1.86. The second kappa shape index (κ2) is 2.54. The van der Waals surface area contributed by atoms with E-state index in [1.54, 1.807) is 22.6 Å². The van der Waals surface area contributed by atoms with Crippen molar-refractivity contribution in [1.82, 2.24) is 14.6 Å². The fourth-order valence-corrected chi connectivity index (χ4v) is 1.52. The van der Waals surface area contributed by atoms with Crippen LogP contribution >= 0.6 is 11.8 Å². The number of nitrogens with zero attached hydrogens (tertiary/aromatic N) is 3. The molecule has 0 bridgehead atoms. The molecule has 0 fully saturated rings. The molecule has 2 rings (SSSR count). The Morgan fingerprint density at radius 1 is 1.55 bits per heavy atom. The van der Waals surface area contributed by atoms with Crippen molar-refractivity contribution >= 4 is 17.4 Å². The first-order chi connectivity index (χ1) is 5.42. The first kappa shape index (κ1) is 6.67. The molecular formula is C7H7N3S. The fraction of sp³-hybridized carbons (Fsp3) is 0.143. The first-order valence-electron chi connectivity index (χ1n) is 3.24. The van der Waals surface area contributed by atoms with Gasteiger partial charge in [-0.15, -0.1) is 11.8 Å². The van der Waals surface area contributed by atoms with E-state index in [0.717, 1.165) is 10.5 Å². The van der Waals surface area contributed by atoms with Crippen molar-refractivity contribution in [3.8, 4) is 0 Å². The molecule has 0 saturated carbocycles. The Hall–Kier alpha value is -1.03. The molecule has 0 amide bonds. The van der Waals surface area contributed by atoms with Crippen LogP contribution in [-0.2, 0) is 0 Å². The summed E-state index contributed by atoms with van der Waals surface area (Å²) in [6, 6.07) is 4.00. The quantitative estimate of drug-likeness (QED) is 0.599. The highest BCUT2D eigenvalue weighted by Crippen LogP contribution is 2.17. The maximum atomic E-state index is 4.12. The summed E-state index contributed by atoms with van der Waals surface area (Å²) in [5.74, 6) is 0. The molecule has 0 atom stereocenters. The van der Waals surface area contributed by atoms with Crippen molar-refractivity contribution in [3.05, 3.63) is 24.7 Å². The number of fused-ring (bicyclic) bond motifs is 1. The SMILES string of the molecule is CSc1cccn2ncnc12. The van der Waals surface area contributed by atoms with Crippen LogP contribution in [0.2, 0.25) is 0 Å². The molecule has 0 radical (unpaired) electrons. The standard InChI is InChI=1S/C7H7N3S/c1-11-6-3-2-4-10-7(6)8-5-9-10/h2-5H,1H3. The topological polar surface area (TPSA) is 30.2 Å². The Balaban J connectivity index is 2.79. The van der Waals surface area contributed by atoms with E-state index >= 15 is 0 Å². The lowest BCUT2D eigenvalue weighted by molar-refractivity contribution is 0.950. The largest absolute Gasteiger partial charge is 0.220 e. The van der Waals surface area contributed by atoms with Crippen LogP contribution < -0.4 is 0 Å². The van der Waals surface area contributed by atoms with Crippen LogP contribution in [0.4, 0.5) is 0 Å². The zero-order valence-corrected chi connectivity index (χ0v) is 6.88. The zero-order chi connectivity index (χ0) is 7.68. The Labute approximate surface area is 68.4 Å². The van der Waals surface area contributed by atoms with Gasteiger partial charge in [0.05, 0.1) is 4.90 Å². The summed E-state index contributed by atoms with van der Waals surface area (Å²) in [6.07, 6.45) is 5.49. The second-order valence-electron chi connectivity index (χ2n) is 2.10. The molecule has 3 nitrogen and oxygen atoms in total. The molecule has 0 aliphatic carbocycles. The Kier molecular flexibility index (Phi) is 1.54. The van der Waals surface area contributed by atoms with E-state index in [0.29, 0.717) is 0 Å². The fourth-order valence-electron chi connectivity index (χ4n) is 0.981. The van der Waals surface area contributed by atoms with Gasteiger partial charge in [0.15, 0.2) is 5.65 Å². The van der Waals surface area contributed by atoms with Crippen molar-refractivity contribution in [3.63, 3.8) is 0 Å². The monoisotopic (exact) mass is 165 g/mol. The zero-order valence-electron chi connectivity index (χ0n) is 6.06. The molecule has 0 spiro atoms. The van der Waals surface area contributed by atoms with E-state index in [9.17, 15) is 0 Å². The highest BCUT2D eigenvalue weighted by atomic mass is 32.2. The third kappa shape index (κ3) is 0.991. The number of aromatic nitrogens is 3. The van der Waals surface area contributed by atoms with Crippen LogP contribution in [0.3, 0.4) is 0 Å². The number of rotatable bonds is 1. The van der Waals surface area contributed by atoms with Gasteiger partial charge in [-0.05, 0) is 18.4 Å². The number of hydrogen-bond donors (Lipinski definition) is 0. The van der Waals surface area contributed by atoms with E-state index in [2.05, 4.69) is 10.1 Å². The maximum absolute atomic E-state index is 4.12. The average Bonchev–Trinajstić information content (AvgIpc) is 2.50. The third-order valence-electron chi connectivity index (χ3n) is 1.49. The van der Waals surface area contributed by atoms with Gasteiger partial charge in [-0.25, -0.2) is 9.50 Å². The van der Waals surface area contributed by atoms with Crippen molar-refractivity contribution in [2.24, 2.45) is 0 Å². The molecule has 0 N–H and O–H groups in total. The van der Waals surface area contributed by atoms with E-state index in [-0.39, 0.29) is 0 Å². The molecule has 4 heteroatoms. The Bertz CT molecular complexity index is 368. The first-order valence-corrected chi connectivity index (χ1v) is 4.46. The van der Waals surface area contributed by atoms with Crippen molar-refractivity contribution in [2.75, 3.05) is 6.26 Å². The van der Waals surface area contributed by atoms with Gasteiger partial charge in [-0.2, -0.15) is 5.10 Å². The number of thioether (sulfide) groups is 1. The number of pyridine rings is 1. The molecule has 2 heterocycles. The lowest BCUT2D eigenvalue weighted by atomic mass is 10.5. The molecule has 0 saturated heterocycles. The molecule has 0 unspecified atom stereocenters.